The lowest BCUT2D eigenvalue weighted by molar-refractivity contribution is -0.0321. The van der Waals surface area contributed by atoms with E-state index in [9.17, 15) is 19.8 Å². The van der Waals surface area contributed by atoms with Gasteiger partial charge in [0.1, 0.15) is 12.2 Å². The minimum atomic E-state index is -1.31. The molecule has 3 heterocycles. The lowest BCUT2D eigenvalue weighted by atomic mass is 10.1. The number of aryl methyl sites for hydroxylation is 1. The number of ether oxygens (including phenoxy) is 1. The van der Waals surface area contributed by atoms with E-state index in [2.05, 4.69) is 9.97 Å². The van der Waals surface area contributed by atoms with Gasteiger partial charge < -0.3 is 20.7 Å². The first-order valence-corrected chi connectivity index (χ1v) is 6.31. The minimum Gasteiger partial charge on any atom is -0.388 e. The van der Waals surface area contributed by atoms with Crippen molar-refractivity contribution in [1.82, 2.24) is 19.1 Å². The van der Waals surface area contributed by atoms with E-state index in [0.29, 0.717) is 0 Å². The van der Waals surface area contributed by atoms with Crippen LogP contribution in [0.25, 0.3) is 11.2 Å². The van der Waals surface area contributed by atoms with Gasteiger partial charge in [0.2, 0.25) is 5.95 Å². The van der Waals surface area contributed by atoms with Crippen molar-refractivity contribution in [2.24, 2.45) is 7.05 Å². The van der Waals surface area contributed by atoms with Crippen molar-refractivity contribution in [2.75, 3.05) is 5.73 Å². The summed E-state index contributed by atoms with van der Waals surface area (Å²) >= 11 is 0. The van der Waals surface area contributed by atoms with Gasteiger partial charge in [0.25, 0.3) is 5.56 Å². The normalized spacial score (nSPS) is 29.3. The number of rotatable bonds is 1. The van der Waals surface area contributed by atoms with Crippen LogP contribution in [-0.4, -0.2) is 47.6 Å². The number of imidazole rings is 1. The Bertz CT molecular complexity index is 821. The zero-order valence-electron chi connectivity index (χ0n) is 11.3. The predicted octanol–water partition coefficient (Wildman–Crippen LogP) is -2.36. The van der Waals surface area contributed by atoms with Gasteiger partial charge in [0, 0.05) is 7.05 Å². The predicted molar refractivity (Wildman–Crippen MR) is 71.6 cm³/mol. The average molecular weight is 297 g/mol. The Morgan fingerprint density at radius 3 is 2.57 bits per heavy atom. The molecule has 0 radical (unpaired) electrons. The number of aliphatic hydroxyl groups excluding tert-OH is 2. The van der Waals surface area contributed by atoms with Crippen LogP contribution in [0.4, 0.5) is 5.95 Å². The van der Waals surface area contributed by atoms with Gasteiger partial charge in [-0.1, -0.05) is 0 Å². The van der Waals surface area contributed by atoms with Crippen LogP contribution in [0.5, 0.6) is 0 Å². The molecular weight excluding hydrogens is 282 g/mol. The fraction of sp³-hybridized carbons (Fsp3) is 0.545. The van der Waals surface area contributed by atoms with E-state index in [1.807, 2.05) is 0 Å². The highest BCUT2D eigenvalue weighted by atomic mass is 16.6. The van der Waals surface area contributed by atoms with Crippen LogP contribution >= 0.6 is 0 Å². The van der Waals surface area contributed by atoms with Crippen LogP contribution in [-0.2, 0) is 11.8 Å². The second-order valence-corrected chi connectivity index (χ2v) is 5.05. The molecule has 2 unspecified atom stereocenters. The summed E-state index contributed by atoms with van der Waals surface area (Å²) in [5, 5.41) is 19.8. The van der Waals surface area contributed by atoms with Crippen molar-refractivity contribution in [3.8, 4) is 0 Å². The number of hydrogen-bond donors (Lipinski definition) is 4. The lowest BCUT2D eigenvalue weighted by Crippen LogP contribution is -2.34. The number of fused-ring (bicyclic) bond motifs is 1. The van der Waals surface area contributed by atoms with Gasteiger partial charge in [-0.2, -0.15) is 4.98 Å². The molecule has 1 aliphatic heterocycles. The average Bonchev–Trinajstić information content (AvgIpc) is 2.79. The molecule has 4 atom stereocenters. The molecule has 0 spiro atoms. The quantitative estimate of drug-likeness (QED) is 0.460. The van der Waals surface area contributed by atoms with Crippen LogP contribution in [0, 0.1) is 0 Å². The molecule has 5 N–H and O–H groups in total. The van der Waals surface area contributed by atoms with Crippen molar-refractivity contribution in [1.29, 1.82) is 0 Å². The number of nitrogens with zero attached hydrogens (tertiary/aromatic N) is 3. The molecular formula is C11H15N5O5. The monoisotopic (exact) mass is 297 g/mol. The number of nitrogens with two attached hydrogens (primary N) is 1. The molecule has 2 aromatic rings. The molecule has 1 aliphatic rings. The van der Waals surface area contributed by atoms with Crippen molar-refractivity contribution < 1.29 is 14.9 Å². The van der Waals surface area contributed by atoms with E-state index in [1.54, 1.807) is 6.92 Å². The molecule has 0 bridgehead atoms. The highest BCUT2D eigenvalue weighted by Gasteiger charge is 2.43. The van der Waals surface area contributed by atoms with Crippen molar-refractivity contribution in [3.05, 3.63) is 20.8 Å². The van der Waals surface area contributed by atoms with Crippen LogP contribution < -0.4 is 17.0 Å². The van der Waals surface area contributed by atoms with E-state index < -0.39 is 35.8 Å². The summed E-state index contributed by atoms with van der Waals surface area (Å²) < 4.78 is 7.53. The number of aromatic amines is 1. The van der Waals surface area contributed by atoms with Crippen molar-refractivity contribution in [3.63, 3.8) is 0 Å². The summed E-state index contributed by atoms with van der Waals surface area (Å²) in [5.41, 5.74) is 4.33. The zero-order valence-corrected chi connectivity index (χ0v) is 11.3. The van der Waals surface area contributed by atoms with Gasteiger partial charge in [-0.25, -0.2) is 9.36 Å². The number of aromatic nitrogens is 4. The third-order valence-electron chi connectivity index (χ3n) is 3.68. The number of nitrogen functional groups attached to an aromatic ring is 1. The first kappa shape index (κ1) is 13.8. The first-order chi connectivity index (χ1) is 9.82. The van der Waals surface area contributed by atoms with Crippen LogP contribution in [0.3, 0.4) is 0 Å². The lowest BCUT2D eigenvalue weighted by Gasteiger charge is -2.15. The number of H-pyrrole nitrogens is 1. The fourth-order valence-electron chi connectivity index (χ4n) is 2.56. The highest BCUT2D eigenvalue weighted by molar-refractivity contribution is 5.71. The third-order valence-corrected chi connectivity index (χ3v) is 3.68. The molecule has 0 aromatic carbocycles. The summed E-state index contributed by atoms with van der Waals surface area (Å²) in [6.07, 6.45) is -4.26. The maximum atomic E-state index is 12.3. The molecule has 1 fully saturated rings. The van der Waals surface area contributed by atoms with Crippen molar-refractivity contribution in [2.45, 2.75) is 31.5 Å². The largest absolute Gasteiger partial charge is 0.388 e. The van der Waals surface area contributed by atoms with E-state index >= 15 is 0 Å². The first-order valence-electron chi connectivity index (χ1n) is 6.31. The minimum absolute atomic E-state index is 0.00546. The molecule has 21 heavy (non-hydrogen) atoms. The van der Waals surface area contributed by atoms with E-state index in [1.165, 1.54) is 7.05 Å². The molecule has 0 saturated carbocycles. The fourth-order valence-corrected chi connectivity index (χ4v) is 2.56. The number of hydrogen-bond acceptors (Lipinski definition) is 7. The Kier molecular flexibility index (Phi) is 2.90. The number of anilines is 1. The molecule has 10 nitrogen and oxygen atoms in total. The van der Waals surface area contributed by atoms with Gasteiger partial charge in [-0.3, -0.25) is 14.3 Å². The molecule has 0 amide bonds. The SMILES string of the molecule is CC1OC(n2c(=O)n(C)c3c(=O)[nH]c(N)nc32)[C@H](O)[C@@H]1O. The zero-order chi connectivity index (χ0) is 15.5. The smallest absolute Gasteiger partial charge is 0.332 e. The van der Waals surface area contributed by atoms with Crippen LogP contribution in [0.2, 0.25) is 0 Å². The summed E-state index contributed by atoms with van der Waals surface area (Å²) in [7, 11) is 1.40. The van der Waals surface area contributed by atoms with Crippen LogP contribution in [0.15, 0.2) is 9.59 Å². The molecule has 2 aromatic heterocycles. The molecule has 114 valence electrons. The third kappa shape index (κ3) is 1.80. The van der Waals surface area contributed by atoms with Gasteiger partial charge in [-0.05, 0) is 6.92 Å². The second kappa shape index (κ2) is 4.41. The Balaban J connectivity index is 2.32. The Morgan fingerprint density at radius 1 is 1.33 bits per heavy atom. The Labute approximate surface area is 117 Å². The topological polar surface area (TPSA) is 148 Å². The summed E-state index contributed by atoms with van der Waals surface area (Å²) in [6.45, 7) is 1.57. The van der Waals surface area contributed by atoms with Crippen LogP contribution in [0.1, 0.15) is 13.2 Å². The molecule has 0 aliphatic carbocycles. The van der Waals surface area contributed by atoms with E-state index in [-0.39, 0.29) is 17.1 Å². The number of aliphatic hydroxyl groups is 2. The Hall–Kier alpha value is -2.17. The van der Waals surface area contributed by atoms with E-state index in [4.69, 9.17) is 10.5 Å². The number of nitrogens with one attached hydrogen (secondary N) is 1. The summed E-state index contributed by atoms with van der Waals surface area (Å²) in [4.78, 5) is 30.5. The second-order valence-electron chi connectivity index (χ2n) is 5.05. The standard InChI is InChI=1S/C11H15N5O5/c1-3-5(17)6(18)9(21-3)16-7-4(15(2)11(16)20)8(19)14-10(12)13-7/h3,5-6,9,17-18H,1-2H3,(H3,12,13,14,19)/t3?,5-,6-,9?/m1/s1. The summed E-state index contributed by atoms with van der Waals surface area (Å²) in [6, 6.07) is 0. The van der Waals surface area contributed by atoms with E-state index in [0.717, 1.165) is 9.13 Å². The van der Waals surface area contributed by atoms with Crippen molar-refractivity contribution >= 4 is 17.1 Å². The van der Waals surface area contributed by atoms with Gasteiger partial charge in [0.15, 0.2) is 17.4 Å². The maximum absolute atomic E-state index is 12.3. The molecule has 10 heteroatoms. The van der Waals surface area contributed by atoms with Gasteiger partial charge >= 0.3 is 5.69 Å². The molecule has 1 saturated heterocycles. The maximum Gasteiger partial charge on any atom is 0.332 e. The Morgan fingerprint density at radius 2 is 2.00 bits per heavy atom. The summed E-state index contributed by atoms with van der Waals surface area (Å²) in [5.74, 6) is -0.159. The highest BCUT2D eigenvalue weighted by Crippen LogP contribution is 2.29. The molecule has 3 rings (SSSR count). The van der Waals surface area contributed by atoms with Gasteiger partial charge in [-0.15, -0.1) is 0 Å². The van der Waals surface area contributed by atoms with Gasteiger partial charge in [0.05, 0.1) is 6.10 Å².